The Morgan fingerprint density at radius 2 is 1.85 bits per heavy atom. The van der Waals surface area contributed by atoms with Gasteiger partial charge >= 0.3 is 0 Å². The van der Waals surface area contributed by atoms with Crippen LogP contribution in [0.2, 0.25) is 0 Å². The van der Waals surface area contributed by atoms with E-state index in [1.165, 1.54) is 12.1 Å². The van der Waals surface area contributed by atoms with Crippen molar-refractivity contribution in [2.75, 3.05) is 26.2 Å². The van der Waals surface area contributed by atoms with Gasteiger partial charge in [-0.15, -0.1) is 12.4 Å². The van der Waals surface area contributed by atoms with Crippen molar-refractivity contribution >= 4 is 28.3 Å². The lowest BCUT2D eigenvalue weighted by atomic mass is 10.1. The number of hydrogen-bond acceptors (Lipinski definition) is 5. The summed E-state index contributed by atoms with van der Waals surface area (Å²) in [5.41, 5.74) is 6.35. The second-order valence-corrected chi connectivity index (χ2v) is 8.41. The van der Waals surface area contributed by atoms with Gasteiger partial charge in [-0.25, -0.2) is 13.1 Å². The number of nitrogens with zero attached hydrogens (tertiary/aromatic N) is 1. The minimum Gasteiger partial charge on any atom is -0.377 e. The highest BCUT2D eigenvalue weighted by Gasteiger charge is 2.23. The fraction of sp³-hybridized carbons (Fsp3) is 0.588. The molecule has 2 aliphatic rings. The van der Waals surface area contributed by atoms with Crippen LogP contribution in [0.15, 0.2) is 29.2 Å². The van der Waals surface area contributed by atoms with Crippen LogP contribution in [0.5, 0.6) is 0 Å². The van der Waals surface area contributed by atoms with Crippen LogP contribution >= 0.6 is 12.4 Å². The van der Waals surface area contributed by atoms with E-state index in [9.17, 15) is 13.2 Å². The van der Waals surface area contributed by atoms with E-state index in [-0.39, 0.29) is 41.9 Å². The summed E-state index contributed by atoms with van der Waals surface area (Å²) in [6.45, 7) is 2.24. The van der Waals surface area contributed by atoms with Gasteiger partial charge in [-0.05, 0) is 49.9 Å². The molecule has 1 atom stereocenters. The van der Waals surface area contributed by atoms with Crippen molar-refractivity contribution in [3.05, 3.63) is 29.8 Å². The highest BCUT2D eigenvalue weighted by atomic mass is 35.5. The van der Waals surface area contributed by atoms with E-state index in [0.717, 1.165) is 25.7 Å². The summed E-state index contributed by atoms with van der Waals surface area (Å²) in [5.74, 6) is -0.0804. The van der Waals surface area contributed by atoms with E-state index in [1.807, 2.05) is 0 Å². The molecule has 2 heterocycles. The van der Waals surface area contributed by atoms with Crippen LogP contribution in [-0.4, -0.2) is 57.6 Å². The molecule has 1 amide bonds. The molecule has 3 rings (SSSR count). The smallest absolute Gasteiger partial charge is 0.253 e. The molecule has 2 fully saturated rings. The predicted molar refractivity (Wildman–Crippen MR) is 101 cm³/mol. The first-order valence-corrected chi connectivity index (χ1v) is 10.2. The van der Waals surface area contributed by atoms with Crippen LogP contribution in [0.4, 0.5) is 0 Å². The first kappa shape index (κ1) is 21.1. The van der Waals surface area contributed by atoms with Crippen molar-refractivity contribution in [1.29, 1.82) is 0 Å². The molecule has 2 saturated heterocycles. The third-order valence-corrected chi connectivity index (χ3v) is 6.20. The highest BCUT2D eigenvalue weighted by Crippen LogP contribution is 2.16. The summed E-state index contributed by atoms with van der Waals surface area (Å²) in [7, 11) is -3.59. The molecular formula is C17H26ClN3O4S. The van der Waals surface area contributed by atoms with Crippen molar-refractivity contribution in [3.8, 4) is 0 Å². The minimum atomic E-state index is -3.59. The van der Waals surface area contributed by atoms with Gasteiger partial charge < -0.3 is 15.4 Å². The molecule has 0 spiro atoms. The maximum Gasteiger partial charge on any atom is 0.253 e. The molecule has 0 aliphatic carbocycles. The third-order valence-electron chi connectivity index (χ3n) is 4.76. The molecule has 7 nitrogen and oxygen atoms in total. The zero-order valence-corrected chi connectivity index (χ0v) is 16.2. The molecule has 146 valence electrons. The van der Waals surface area contributed by atoms with Gasteiger partial charge in [-0.3, -0.25) is 4.79 Å². The van der Waals surface area contributed by atoms with Gasteiger partial charge in [0.15, 0.2) is 0 Å². The Morgan fingerprint density at radius 1 is 1.19 bits per heavy atom. The van der Waals surface area contributed by atoms with E-state index in [1.54, 1.807) is 17.0 Å². The van der Waals surface area contributed by atoms with Gasteiger partial charge in [0.25, 0.3) is 5.91 Å². The van der Waals surface area contributed by atoms with Gasteiger partial charge in [0, 0.05) is 37.8 Å². The quantitative estimate of drug-likeness (QED) is 0.767. The Hall–Kier alpha value is -1.19. The lowest BCUT2D eigenvalue weighted by Gasteiger charge is -2.30. The SMILES string of the molecule is Cl.NC1CCN(C(=O)c2ccc(S(=O)(=O)NCC3CCCO3)cc2)CC1. The van der Waals surface area contributed by atoms with Crippen molar-refractivity contribution in [2.45, 2.75) is 42.7 Å². The van der Waals surface area contributed by atoms with Gasteiger partial charge in [0.1, 0.15) is 0 Å². The number of hydrogen-bond donors (Lipinski definition) is 2. The zero-order chi connectivity index (χ0) is 17.9. The highest BCUT2D eigenvalue weighted by molar-refractivity contribution is 7.89. The van der Waals surface area contributed by atoms with Crippen molar-refractivity contribution in [2.24, 2.45) is 5.73 Å². The molecule has 0 aromatic heterocycles. The van der Waals surface area contributed by atoms with Crippen LogP contribution in [0.3, 0.4) is 0 Å². The lowest BCUT2D eigenvalue weighted by molar-refractivity contribution is 0.0714. The van der Waals surface area contributed by atoms with E-state index < -0.39 is 10.0 Å². The number of likely N-dealkylation sites (tertiary alicyclic amines) is 1. The number of halogens is 1. The number of piperidine rings is 1. The second kappa shape index (κ2) is 9.14. The zero-order valence-electron chi connectivity index (χ0n) is 14.6. The average Bonchev–Trinajstić information content (AvgIpc) is 3.14. The first-order valence-electron chi connectivity index (χ1n) is 8.72. The number of ether oxygens (including phenoxy) is 1. The summed E-state index contributed by atoms with van der Waals surface area (Å²) < 4.78 is 32.7. The van der Waals surface area contributed by atoms with Crippen LogP contribution in [-0.2, 0) is 14.8 Å². The molecular weight excluding hydrogens is 378 g/mol. The summed E-state index contributed by atoms with van der Waals surface area (Å²) in [5, 5.41) is 0. The van der Waals surface area contributed by atoms with Crippen LogP contribution < -0.4 is 10.5 Å². The lowest BCUT2D eigenvalue weighted by Crippen LogP contribution is -2.42. The number of amides is 1. The van der Waals surface area contributed by atoms with Gasteiger partial charge in [-0.1, -0.05) is 0 Å². The second-order valence-electron chi connectivity index (χ2n) is 6.64. The number of benzene rings is 1. The molecule has 9 heteroatoms. The molecule has 1 unspecified atom stereocenters. The number of carbonyl (C=O) groups is 1. The Balaban J connectivity index is 0.00000243. The number of nitrogens with one attached hydrogen (secondary N) is 1. The normalized spacial score (nSPS) is 21.4. The number of sulfonamides is 1. The van der Waals surface area contributed by atoms with E-state index >= 15 is 0 Å². The summed E-state index contributed by atoms with van der Waals surface area (Å²) in [6.07, 6.45) is 3.37. The van der Waals surface area contributed by atoms with E-state index in [4.69, 9.17) is 10.5 Å². The van der Waals surface area contributed by atoms with Crippen LogP contribution in [0, 0.1) is 0 Å². The van der Waals surface area contributed by atoms with E-state index in [2.05, 4.69) is 4.72 Å². The summed E-state index contributed by atoms with van der Waals surface area (Å²) in [6, 6.07) is 6.24. The molecule has 0 saturated carbocycles. The Labute approximate surface area is 160 Å². The van der Waals surface area contributed by atoms with Crippen molar-refractivity contribution in [3.63, 3.8) is 0 Å². The van der Waals surface area contributed by atoms with Crippen molar-refractivity contribution in [1.82, 2.24) is 9.62 Å². The Morgan fingerprint density at radius 3 is 2.42 bits per heavy atom. The largest absolute Gasteiger partial charge is 0.377 e. The molecule has 2 aliphatic heterocycles. The van der Waals surface area contributed by atoms with Crippen molar-refractivity contribution < 1.29 is 17.9 Å². The topological polar surface area (TPSA) is 102 Å². The first-order chi connectivity index (χ1) is 12.0. The molecule has 0 radical (unpaired) electrons. The molecule has 3 N–H and O–H groups in total. The van der Waals surface area contributed by atoms with Gasteiger partial charge in [0.2, 0.25) is 10.0 Å². The number of carbonyl (C=O) groups excluding carboxylic acids is 1. The summed E-state index contributed by atoms with van der Waals surface area (Å²) >= 11 is 0. The molecule has 0 bridgehead atoms. The summed E-state index contributed by atoms with van der Waals surface area (Å²) in [4.78, 5) is 14.4. The minimum absolute atomic E-state index is 0. The maximum absolute atomic E-state index is 12.5. The number of nitrogens with two attached hydrogens (primary N) is 1. The fourth-order valence-corrected chi connectivity index (χ4v) is 4.22. The van der Waals surface area contributed by atoms with Gasteiger partial charge in [-0.2, -0.15) is 0 Å². The average molecular weight is 404 g/mol. The monoisotopic (exact) mass is 403 g/mol. The maximum atomic E-state index is 12.5. The Kier molecular flexibility index (Phi) is 7.42. The van der Waals surface area contributed by atoms with Crippen LogP contribution in [0.25, 0.3) is 0 Å². The predicted octanol–water partition coefficient (Wildman–Crippen LogP) is 1.13. The fourth-order valence-electron chi connectivity index (χ4n) is 3.15. The molecule has 1 aromatic rings. The standard InChI is InChI=1S/C17H25N3O4S.ClH/c18-14-7-9-20(10-8-14)17(21)13-3-5-16(6-4-13)25(22,23)19-12-15-2-1-11-24-15;/h3-6,14-15,19H,1-2,7-12,18H2;1H. The van der Waals surface area contributed by atoms with Crippen LogP contribution in [0.1, 0.15) is 36.0 Å². The molecule has 1 aromatic carbocycles. The van der Waals surface area contributed by atoms with Gasteiger partial charge in [0.05, 0.1) is 11.0 Å². The third kappa shape index (κ3) is 5.17. The Bertz CT molecular complexity index is 697. The molecule has 26 heavy (non-hydrogen) atoms. The number of rotatable bonds is 5. The van der Waals surface area contributed by atoms with E-state index in [0.29, 0.717) is 25.3 Å².